The fraction of sp³-hybridized carbons (Fsp3) is 0. The summed E-state index contributed by atoms with van der Waals surface area (Å²) in [5.41, 5.74) is 12.9. The van der Waals surface area contributed by atoms with Gasteiger partial charge < -0.3 is 13.7 Å². The Bertz CT molecular complexity index is 3400. The summed E-state index contributed by atoms with van der Waals surface area (Å²) in [5.74, 6) is 0. The minimum atomic E-state index is 0.627. The molecule has 254 valence electrons. The van der Waals surface area contributed by atoms with Gasteiger partial charge in [0.1, 0.15) is 0 Å². The highest BCUT2D eigenvalue weighted by atomic mass is 15.0. The number of hydrogen-bond donors (Lipinski definition) is 0. The molecule has 5 heteroatoms. The van der Waals surface area contributed by atoms with Crippen LogP contribution in [0.15, 0.2) is 176 Å². The minimum Gasteiger partial charge on any atom is -0.309 e. The third kappa shape index (κ3) is 4.51. The van der Waals surface area contributed by atoms with Gasteiger partial charge in [-0.05, 0) is 96.6 Å². The standard InChI is InChI=1S/C50H29N5/c51-30-32-17-25-49-43(27-32)40-11-3-7-15-47(40)55(49)37-24-26-50-44(29-37)41-12-4-8-16-48(41)54(50)36-23-20-34(31-52)42(28-36)33-18-21-35(22-19-33)53-45-13-5-1-9-38(45)39-10-2-6-14-46(39)53/h1-29H. The summed E-state index contributed by atoms with van der Waals surface area (Å²) in [6.45, 7) is 0. The van der Waals surface area contributed by atoms with Crippen LogP contribution < -0.4 is 0 Å². The normalized spacial score (nSPS) is 11.6. The average molecular weight is 700 g/mol. The van der Waals surface area contributed by atoms with E-state index in [1.165, 1.54) is 10.8 Å². The molecule has 0 radical (unpaired) electrons. The molecular formula is C50H29N5. The predicted molar refractivity (Wildman–Crippen MR) is 224 cm³/mol. The summed E-state index contributed by atoms with van der Waals surface area (Å²) >= 11 is 0. The van der Waals surface area contributed by atoms with Crippen LogP contribution in [0.4, 0.5) is 0 Å². The van der Waals surface area contributed by atoms with Crippen LogP contribution in [0.3, 0.4) is 0 Å². The molecule has 0 unspecified atom stereocenters. The zero-order valence-electron chi connectivity index (χ0n) is 29.5. The van der Waals surface area contributed by atoms with Gasteiger partial charge in [-0.15, -0.1) is 0 Å². The Morgan fingerprint density at radius 2 is 0.745 bits per heavy atom. The molecule has 0 atom stereocenters. The lowest BCUT2D eigenvalue weighted by atomic mass is 9.99. The average Bonchev–Trinajstić information content (AvgIpc) is 3.89. The van der Waals surface area contributed by atoms with Gasteiger partial charge in [-0.25, -0.2) is 0 Å². The van der Waals surface area contributed by atoms with Crippen LogP contribution in [-0.2, 0) is 0 Å². The zero-order chi connectivity index (χ0) is 36.6. The van der Waals surface area contributed by atoms with Crippen LogP contribution in [0.5, 0.6) is 0 Å². The molecule has 0 aliphatic heterocycles. The first-order chi connectivity index (χ1) is 27.2. The molecule has 3 aromatic heterocycles. The second kappa shape index (κ2) is 11.8. The predicted octanol–water partition coefficient (Wildman–Crippen LogP) is 12.4. The van der Waals surface area contributed by atoms with Gasteiger partial charge in [-0.1, -0.05) is 84.9 Å². The van der Waals surface area contributed by atoms with Gasteiger partial charge in [0.15, 0.2) is 0 Å². The lowest BCUT2D eigenvalue weighted by Gasteiger charge is -2.13. The molecule has 0 N–H and O–H groups in total. The highest BCUT2D eigenvalue weighted by Gasteiger charge is 2.18. The molecule has 0 saturated heterocycles. The van der Waals surface area contributed by atoms with Gasteiger partial charge in [-0.3, -0.25) is 0 Å². The molecule has 3 heterocycles. The topological polar surface area (TPSA) is 62.4 Å². The summed E-state index contributed by atoms with van der Waals surface area (Å²) < 4.78 is 6.90. The SMILES string of the molecule is N#Cc1ccc2c(c1)c1ccccc1n2-c1ccc2c(c1)c1ccccc1n2-c1ccc(C#N)c(-c2ccc(-n3c4ccccc4c4ccccc43)cc2)c1. The minimum absolute atomic E-state index is 0.627. The number of hydrogen-bond acceptors (Lipinski definition) is 2. The summed E-state index contributed by atoms with van der Waals surface area (Å²) in [4.78, 5) is 0. The molecule has 8 aromatic carbocycles. The first kappa shape index (κ1) is 30.7. The van der Waals surface area contributed by atoms with E-state index in [1.54, 1.807) is 0 Å². The van der Waals surface area contributed by atoms with E-state index >= 15 is 0 Å². The van der Waals surface area contributed by atoms with Crippen LogP contribution in [0.25, 0.3) is 93.6 Å². The van der Waals surface area contributed by atoms with Crippen molar-refractivity contribution in [2.24, 2.45) is 0 Å². The molecule has 0 aliphatic carbocycles. The number of benzene rings is 8. The quantitative estimate of drug-likeness (QED) is 0.184. The van der Waals surface area contributed by atoms with Crippen molar-refractivity contribution in [3.63, 3.8) is 0 Å². The van der Waals surface area contributed by atoms with E-state index in [9.17, 15) is 10.5 Å². The number of fused-ring (bicyclic) bond motifs is 9. The maximum absolute atomic E-state index is 10.3. The Kier molecular flexibility index (Phi) is 6.61. The molecular weight excluding hydrogens is 671 g/mol. The number of nitriles is 2. The first-order valence-corrected chi connectivity index (χ1v) is 18.3. The van der Waals surface area contributed by atoms with E-state index < -0.39 is 0 Å². The molecule has 0 bridgehead atoms. The fourth-order valence-electron chi connectivity index (χ4n) is 8.70. The van der Waals surface area contributed by atoms with Gasteiger partial charge in [0, 0.05) is 54.9 Å². The summed E-state index contributed by atoms with van der Waals surface area (Å²) in [6.07, 6.45) is 0. The van der Waals surface area contributed by atoms with E-state index in [1.807, 2.05) is 30.3 Å². The van der Waals surface area contributed by atoms with Crippen LogP contribution in [0.2, 0.25) is 0 Å². The van der Waals surface area contributed by atoms with Crippen LogP contribution in [-0.4, -0.2) is 13.7 Å². The van der Waals surface area contributed by atoms with Crippen molar-refractivity contribution >= 4 is 65.4 Å². The maximum Gasteiger partial charge on any atom is 0.0998 e. The first-order valence-electron chi connectivity index (χ1n) is 18.3. The van der Waals surface area contributed by atoms with Gasteiger partial charge in [-0.2, -0.15) is 10.5 Å². The molecule has 0 aliphatic rings. The van der Waals surface area contributed by atoms with Crippen LogP contribution >= 0.6 is 0 Å². The monoisotopic (exact) mass is 699 g/mol. The highest BCUT2D eigenvalue weighted by molar-refractivity contribution is 6.13. The summed E-state index contributed by atoms with van der Waals surface area (Å²) in [6, 6.07) is 66.0. The molecule has 0 amide bonds. The Hall–Kier alpha value is -7.86. The third-order valence-corrected chi connectivity index (χ3v) is 11.1. The fourth-order valence-corrected chi connectivity index (χ4v) is 8.70. The Balaban J connectivity index is 1.06. The summed E-state index contributed by atoms with van der Waals surface area (Å²) in [5, 5.41) is 26.9. The second-order valence-electron chi connectivity index (χ2n) is 14.0. The van der Waals surface area contributed by atoms with Crippen molar-refractivity contribution in [2.45, 2.75) is 0 Å². The van der Waals surface area contributed by atoms with Gasteiger partial charge in [0.05, 0.1) is 56.4 Å². The smallest absolute Gasteiger partial charge is 0.0998 e. The number of rotatable bonds is 4. The van der Waals surface area contributed by atoms with E-state index in [2.05, 4.69) is 171 Å². The van der Waals surface area contributed by atoms with E-state index in [4.69, 9.17) is 0 Å². The molecule has 0 spiro atoms. The van der Waals surface area contributed by atoms with Gasteiger partial charge >= 0.3 is 0 Å². The van der Waals surface area contributed by atoms with Crippen molar-refractivity contribution in [2.75, 3.05) is 0 Å². The van der Waals surface area contributed by atoms with Crippen LogP contribution in [0, 0.1) is 22.7 Å². The molecule has 11 aromatic rings. The van der Waals surface area contributed by atoms with Crippen molar-refractivity contribution in [3.05, 3.63) is 187 Å². The van der Waals surface area contributed by atoms with E-state index in [0.29, 0.717) is 11.1 Å². The van der Waals surface area contributed by atoms with E-state index in [-0.39, 0.29) is 0 Å². The highest BCUT2D eigenvalue weighted by Crippen LogP contribution is 2.39. The molecule has 5 nitrogen and oxygen atoms in total. The third-order valence-electron chi connectivity index (χ3n) is 11.1. The Morgan fingerprint density at radius 3 is 1.29 bits per heavy atom. The van der Waals surface area contributed by atoms with Crippen molar-refractivity contribution in [1.29, 1.82) is 10.5 Å². The number of para-hydroxylation sites is 4. The molecule has 11 rings (SSSR count). The second-order valence-corrected chi connectivity index (χ2v) is 14.0. The summed E-state index contributed by atoms with van der Waals surface area (Å²) in [7, 11) is 0. The number of nitrogens with zero attached hydrogens (tertiary/aromatic N) is 5. The Morgan fingerprint density at radius 1 is 0.327 bits per heavy atom. The lowest BCUT2D eigenvalue weighted by Crippen LogP contribution is -1.97. The van der Waals surface area contributed by atoms with Gasteiger partial charge in [0.25, 0.3) is 0 Å². The Labute approximate surface area is 316 Å². The van der Waals surface area contributed by atoms with Crippen molar-refractivity contribution < 1.29 is 0 Å². The van der Waals surface area contributed by atoms with Gasteiger partial charge in [0.2, 0.25) is 0 Å². The molecule has 0 saturated carbocycles. The zero-order valence-corrected chi connectivity index (χ0v) is 29.5. The molecule has 0 fully saturated rings. The largest absolute Gasteiger partial charge is 0.309 e. The van der Waals surface area contributed by atoms with E-state index in [0.717, 1.165) is 82.8 Å². The van der Waals surface area contributed by atoms with Crippen molar-refractivity contribution in [3.8, 4) is 40.3 Å². The van der Waals surface area contributed by atoms with Crippen molar-refractivity contribution in [1.82, 2.24) is 13.7 Å². The number of aromatic nitrogens is 3. The maximum atomic E-state index is 10.3. The van der Waals surface area contributed by atoms with Crippen LogP contribution in [0.1, 0.15) is 11.1 Å². The lowest BCUT2D eigenvalue weighted by molar-refractivity contribution is 1.16. The molecule has 55 heavy (non-hydrogen) atoms.